The largest absolute Gasteiger partial charge is 0.248 e. The number of nitrogens with zero attached hydrogens (tertiary/aromatic N) is 1. The lowest BCUT2D eigenvalue weighted by Crippen LogP contribution is -2.24. The molecule has 0 amide bonds. The van der Waals surface area contributed by atoms with Crippen LogP contribution >= 0.6 is 0 Å². The van der Waals surface area contributed by atoms with Crippen LogP contribution < -0.4 is 0 Å². The van der Waals surface area contributed by atoms with E-state index in [4.69, 9.17) is 4.98 Å². The van der Waals surface area contributed by atoms with E-state index in [1.54, 1.807) is 0 Å². The van der Waals surface area contributed by atoms with E-state index in [0.717, 1.165) is 40.9 Å². The summed E-state index contributed by atoms with van der Waals surface area (Å²) in [6.45, 7) is 7.08. The molecule has 0 aliphatic heterocycles. The highest BCUT2D eigenvalue weighted by Gasteiger charge is 2.43. The van der Waals surface area contributed by atoms with Gasteiger partial charge in [0, 0.05) is 22.3 Å². The van der Waals surface area contributed by atoms with Crippen LogP contribution in [-0.4, -0.2) is 4.98 Å². The minimum absolute atomic E-state index is 0.105. The number of allylic oxidation sites excluding steroid dienone is 6. The van der Waals surface area contributed by atoms with Crippen LogP contribution in [0.15, 0.2) is 157 Å². The molecule has 244 valence electrons. The normalized spacial score (nSPS) is 16.8. The van der Waals surface area contributed by atoms with E-state index in [1.165, 1.54) is 60.9 Å². The van der Waals surface area contributed by atoms with Gasteiger partial charge < -0.3 is 0 Å². The minimum atomic E-state index is 0.105. The monoisotopic (exact) mass is 653 g/mol. The Hall–Kier alpha value is -5.97. The van der Waals surface area contributed by atoms with E-state index in [0.29, 0.717) is 5.92 Å². The Bertz CT molecular complexity index is 2500. The van der Waals surface area contributed by atoms with Crippen molar-refractivity contribution in [2.24, 2.45) is 5.92 Å². The molecule has 1 unspecified atom stereocenters. The van der Waals surface area contributed by atoms with Crippen molar-refractivity contribution in [3.05, 3.63) is 196 Å². The average Bonchev–Trinajstić information content (AvgIpc) is 3.42. The zero-order chi connectivity index (χ0) is 34.5. The van der Waals surface area contributed by atoms with Crippen molar-refractivity contribution in [1.82, 2.24) is 4.98 Å². The molecule has 0 saturated carbocycles. The van der Waals surface area contributed by atoms with E-state index in [2.05, 4.69) is 184 Å². The average molecular weight is 654 g/mol. The molecule has 3 aliphatic rings. The molecule has 0 bridgehead atoms. The summed E-state index contributed by atoms with van der Waals surface area (Å²) >= 11 is 0. The van der Waals surface area contributed by atoms with Gasteiger partial charge in [0.05, 0.1) is 11.4 Å². The van der Waals surface area contributed by atoms with Gasteiger partial charge in [0.2, 0.25) is 0 Å². The first-order valence-corrected chi connectivity index (χ1v) is 18.0. The first-order chi connectivity index (χ1) is 25.0. The highest BCUT2D eigenvalue weighted by Crippen LogP contribution is 2.54. The second-order valence-electron chi connectivity index (χ2n) is 14.6. The van der Waals surface area contributed by atoms with Crippen LogP contribution in [0, 0.1) is 12.8 Å². The van der Waals surface area contributed by atoms with Gasteiger partial charge in [-0.05, 0) is 111 Å². The van der Waals surface area contributed by atoms with Crippen molar-refractivity contribution in [1.29, 1.82) is 0 Å². The maximum absolute atomic E-state index is 5.10. The summed E-state index contributed by atoms with van der Waals surface area (Å²) in [6.07, 6.45) is 13.5. The molecule has 1 heterocycles. The highest BCUT2D eigenvalue weighted by atomic mass is 14.7. The fraction of sp³-hybridized carbons (Fsp3) is 0.140. The SMILES string of the molecule is Cc1c(/C=C\Cc2cc(-c3ccccc3)nc(-c3ccccc3)c2)c2c(c3ccccc13)C=C=C=C2C1=CCC2C(=C1)c1ccccc1C2(C)C. The molecule has 9 rings (SSSR count). The third-order valence-electron chi connectivity index (χ3n) is 11.2. The fourth-order valence-corrected chi connectivity index (χ4v) is 8.58. The quantitative estimate of drug-likeness (QED) is 0.163. The zero-order valence-electron chi connectivity index (χ0n) is 29.4. The van der Waals surface area contributed by atoms with Crippen molar-refractivity contribution in [2.75, 3.05) is 0 Å². The molecule has 0 N–H and O–H groups in total. The number of pyridine rings is 1. The fourth-order valence-electron chi connectivity index (χ4n) is 8.58. The van der Waals surface area contributed by atoms with Gasteiger partial charge in [-0.25, -0.2) is 4.98 Å². The molecule has 51 heavy (non-hydrogen) atoms. The smallest absolute Gasteiger partial charge is 0.0712 e. The molecule has 0 radical (unpaired) electrons. The van der Waals surface area contributed by atoms with E-state index < -0.39 is 0 Å². The van der Waals surface area contributed by atoms with E-state index >= 15 is 0 Å². The van der Waals surface area contributed by atoms with Gasteiger partial charge >= 0.3 is 0 Å². The Morgan fingerprint density at radius 2 is 1.43 bits per heavy atom. The molecule has 5 aromatic carbocycles. The van der Waals surface area contributed by atoms with Crippen molar-refractivity contribution in [3.63, 3.8) is 0 Å². The Kier molecular flexibility index (Phi) is 7.56. The third kappa shape index (κ3) is 5.31. The predicted molar refractivity (Wildman–Crippen MR) is 215 cm³/mol. The number of hydrogen-bond acceptors (Lipinski definition) is 1. The first-order valence-electron chi connectivity index (χ1n) is 18.0. The van der Waals surface area contributed by atoms with E-state index in [9.17, 15) is 0 Å². The minimum Gasteiger partial charge on any atom is -0.248 e. The molecule has 1 aromatic heterocycles. The van der Waals surface area contributed by atoms with Gasteiger partial charge in [0.1, 0.15) is 0 Å². The molecular weight excluding hydrogens is 615 g/mol. The van der Waals surface area contributed by atoms with Crippen molar-refractivity contribution in [3.8, 4) is 22.5 Å². The van der Waals surface area contributed by atoms with Gasteiger partial charge in [0.15, 0.2) is 0 Å². The molecule has 0 fully saturated rings. The Morgan fingerprint density at radius 1 is 0.784 bits per heavy atom. The Morgan fingerprint density at radius 3 is 2.16 bits per heavy atom. The summed E-state index contributed by atoms with van der Waals surface area (Å²) in [4.78, 5) is 5.10. The third-order valence-corrected chi connectivity index (χ3v) is 11.2. The molecule has 1 atom stereocenters. The van der Waals surface area contributed by atoms with Gasteiger partial charge in [-0.3, -0.25) is 0 Å². The first kappa shape index (κ1) is 31.0. The molecule has 6 aromatic rings. The van der Waals surface area contributed by atoms with Crippen LogP contribution in [0.5, 0.6) is 0 Å². The lowest BCUT2D eigenvalue weighted by molar-refractivity contribution is 0.414. The number of fused-ring (bicyclic) bond motifs is 6. The second-order valence-corrected chi connectivity index (χ2v) is 14.6. The number of aromatic nitrogens is 1. The Labute approximate surface area is 301 Å². The van der Waals surface area contributed by atoms with Crippen LogP contribution in [0.25, 0.3) is 56.6 Å². The van der Waals surface area contributed by atoms with Gasteiger partial charge in [-0.1, -0.05) is 153 Å². The van der Waals surface area contributed by atoms with Gasteiger partial charge in [-0.15, -0.1) is 0 Å². The molecule has 0 spiro atoms. The summed E-state index contributed by atoms with van der Waals surface area (Å²) in [5, 5.41) is 2.54. The summed E-state index contributed by atoms with van der Waals surface area (Å²) in [7, 11) is 0. The molecule has 0 saturated heterocycles. The molecular formula is C50H39N. The second kappa shape index (κ2) is 12.4. The lowest BCUT2D eigenvalue weighted by atomic mass is 9.72. The van der Waals surface area contributed by atoms with Crippen molar-refractivity contribution >= 4 is 34.1 Å². The molecule has 1 nitrogen and oxygen atoms in total. The summed E-state index contributed by atoms with van der Waals surface area (Å²) < 4.78 is 0. The predicted octanol–water partition coefficient (Wildman–Crippen LogP) is 12.6. The Balaban J connectivity index is 1.14. The standard InChI is InChI=1S/C50H39N/c1-33-38-21-10-11-22-41(38)43-26-15-25-40(37-28-29-46-44(32-37)42-23-12-13-27-45(42)50(46,2)3)49(43)39(33)24-14-16-34-30-47(35-17-6-4-7-18-35)51-48(31-34)36-19-8-5-9-20-36/h4-14,17-24,26-28,30-32,46H,16,29H2,1-3H3/b24-14-. The maximum Gasteiger partial charge on any atom is 0.0712 e. The number of benzene rings is 5. The van der Waals surface area contributed by atoms with Crippen LogP contribution in [0.4, 0.5) is 0 Å². The molecule has 3 aliphatic carbocycles. The van der Waals surface area contributed by atoms with E-state index in [1.807, 2.05) is 0 Å². The number of hydrogen-bond donors (Lipinski definition) is 0. The summed E-state index contributed by atoms with van der Waals surface area (Å²) in [6, 6.07) is 43.2. The van der Waals surface area contributed by atoms with Gasteiger partial charge in [0.25, 0.3) is 0 Å². The van der Waals surface area contributed by atoms with Crippen LogP contribution in [-0.2, 0) is 11.8 Å². The van der Waals surface area contributed by atoms with E-state index in [-0.39, 0.29) is 5.41 Å². The van der Waals surface area contributed by atoms with Crippen LogP contribution in [0.2, 0.25) is 0 Å². The lowest BCUT2D eigenvalue weighted by Gasteiger charge is -2.31. The topological polar surface area (TPSA) is 12.9 Å². The van der Waals surface area contributed by atoms with Crippen LogP contribution in [0.1, 0.15) is 59.2 Å². The highest BCUT2D eigenvalue weighted by molar-refractivity contribution is 6.05. The zero-order valence-corrected chi connectivity index (χ0v) is 29.4. The number of rotatable bonds is 6. The van der Waals surface area contributed by atoms with Crippen molar-refractivity contribution < 1.29 is 0 Å². The summed E-state index contributed by atoms with van der Waals surface area (Å²) in [5.41, 5.74) is 24.3. The molecule has 1 heteroatoms. The maximum atomic E-state index is 5.10. The summed E-state index contributed by atoms with van der Waals surface area (Å²) in [5.74, 6) is 0.474. The number of aryl methyl sites for hydroxylation is 1. The van der Waals surface area contributed by atoms with Crippen LogP contribution in [0.3, 0.4) is 0 Å². The van der Waals surface area contributed by atoms with Gasteiger partial charge in [-0.2, -0.15) is 0 Å². The van der Waals surface area contributed by atoms with Crippen molar-refractivity contribution in [2.45, 2.75) is 39.0 Å².